The van der Waals surface area contributed by atoms with Gasteiger partial charge in [0.25, 0.3) is 0 Å². The van der Waals surface area contributed by atoms with Gasteiger partial charge < -0.3 is 18.5 Å². The third kappa shape index (κ3) is 2.64. The number of ether oxygens (including phenoxy) is 2. The van der Waals surface area contributed by atoms with Gasteiger partial charge in [0.05, 0.1) is 19.1 Å². The summed E-state index contributed by atoms with van der Waals surface area (Å²) in [6, 6.07) is 6.16. The van der Waals surface area contributed by atoms with Crippen molar-refractivity contribution < 1.29 is 13.9 Å². The zero-order valence-electron chi connectivity index (χ0n) is 14.6. The lowest BCUT2D eigenvalue weighted by molar-refractivity contribution is -0.0156. The highest BCUT2D eigenvalue weighted by molar-refractivity contribution is 5.55. The van der Waals surface area contributed by atoms with Crippen molar-refractivity contribution in [3.8, 4) is 11.5 Å². The molecule has 4 heterocycles. The zero-order valence-corrected chi connectivity index (χ0v) is 14.6. The molecule has 1 saturated heterocycles. The van der Waals surface area contributed by atoms with Crippen LogP contribution in [0.3, 0.4) is 0 Å². The van der Waals surface area contributed by atoms with E-state index in [9.17, 15) is 0 Å². The van der Waals surface area contributed by atoms with Crippen LogP contribution in [0.4, 0.5) is 0 Å². The normalized spacial score (nSPS) is 22.5. The van der Waals surface area contributed by atoms with Crippen LogP contribution in [0, 0.1) is 0 Å². The number of hydrogen-bond acceptors (Lipinski definition) is 6. The highest BCUT2D eigenvalue weighted by Crippen LogP contribution is 2.40. The van der Waals surface area contributed by atoms with Gasteiger partial charge in [-0.25, -0.2) is 4.98 Å². The molecule has 134 valence electrons. The molecule has 0 spiro atoms. The van der Waals surface area contributed by atoms with Crippen LogP contribution in [-0.4, -0.2) is 26.4 Å². The largest absolute Gasteiger partial charge is 0.420 e. The summed E-state index contributed by atoms with van der Waals surface area (Å²) < 4.78 is 19.5. The standard InChI is InChI=1S/C19H20N4O3/c1-23-7-6-20-17(23)16-15(3-2-8-25-16)19-22-21-18(26-19)12-4-5-13-10-24-11-14(13)9-12/h4-7,9,15-16H,2-3,8,10-11H2,1H3/t15-,16-/m1/s1. The fourth-order valence-electron chi connectivity index (χ4n) is 3.75. The number of fused-ring (bicyclic) bond motifs is 1. The first kappa shape index (κ1) is 15.7. The molecule has 3 aromatic rings. The van der Waals surface area contributed by atoms with Crippen LogP contribution >= 0.6 is 0 Å². The Morgan fingerprint density at radius 1 is 1.15 bits per heavy atom. The number of hydrogen-bond donors (Lipinski definition) is 0. The molecule has 0 unspecified atom stereocenters. The molecule has 26 heavy (non-hydrogen) atoms. The summed E-state index contributed by atoms with van der Waals surface area (Å²) in [5.41, 5.74) is 3.34. The van der Waals surface area contributed by atoms with E-state index >= 15 is 0 Å². The van der Waals surface area contributed by atoms with Crippen molar-refractivity contribution in [1.29, 1.82) is 0 Å². The van der Waals surface area contributed by atoms with Crippen molar-refractivity contribution in [2.45, 2.75) is 38.1 Å². The summed E-state index contributed by atoms with van der Waals surface area (Å²) >= 11 is 0. The van der Waals surface area contributed by atoms with Gasteiger partial charge in [-0.1, -0.05) is 6.07 Å². The van der Waals surface area contributed by atoms with Crippen LogP contribution in [0.5, 0.6) is 0 Å². The molecule has 2 aliphatic rings. The van der Waals surface area contributed by atoms with Gasteiger partial charge in [0.15, 0.2) is 0 Å². The maximum Gasteiger partial charge on any atom is 0.247 e. The molecule has 0 radical (unpaired) electrons. The number of benzene rings is 1. The Kier molecular flexibility index (Phi) is 3.83. The predicted octanol–water partition coefficient (Wildman–Crippen LogP) is 3.14. The van der Waals surface area contributed by atoms with Crippen LogP contribution in [0.15, 0.2) is 35.0 Å². The zero-order chi connectivity index (χ0) is 17.5. The van der Waals surface area contributed by atoms with E-state index < -0.39 is 0 Å². The third-order valence-electron chi connectivity index (χ3n) is 5.16. The molecule has 0 saturated carbocycles. The number of imidazole rings is 1. The molecule has 2 atom stereocenters. The van der Waals surface area contributed by atoms with Crippen LogP contribution < -0.4 is 0 Å². The molecule has 0 bridgehead atoms. The van der Waals surface area contributed by atoms with E-state index in [0.717, 1.165) is 30.8 Å². The number of nitrogens with zero attached hydrogens (tertiary/aromatic N) is 4. The van der Waals surface area contributed by atoms with Crippen molar-refractivity contribution in [2.24, 2.45) is 7.05 Å². The smallest absolute Gasteiger partial charge is 0.247 e. The maximum absolute atomic E-state index is 6.06. The molecule has 7 nitrogen and oxygen atoms in total. The summed E-state index contributed by atoms with van der Waals surface area (Å²) in [5, 5.41) is 8.62. The van der Waals surface area contributed by atoms with Gasteiger partial charge in [0.2, 0.25) is 11.8 Å². The average molecular weight is 352 g/mol. The van der Waals surface area contributed by atoms with E-state index in [1.54, 1.807) is 6.20 Å². The highest BCUT2D eigenvalue weighted by Gasteiger charge is 2.35. The summed E-state index contributed by atoms with van der Waals surface area (Å²) in [4.78, 5) is 4.45. The Bertz CT molecular complexity index is 933. The molecular formula is C19H20N4O3. The molecule has 5 rings (SSSR count). The van der Waals surface area contributed by atoms with Crippen LogP contribution in [0.25, 0.3) is 11.5 Å². The first-order valence-corrected chi connectivity index (χ1v) is 8.92. The van der Waals surface area contributed by atoms with Gasteiger partial charge in [0.1, 0.15) is 11.9 Å². The molecule has 2 aromatic heterocycles. The van der Waals surface area contributed by atoms with E-state index in [0.29, 0.717) is 25.0 Å². The summed E-state index contributed by atoms with van der Waals surface area (Å²) in [6.45, 7) is 2.04. The van der Waals surface area contributed by atoms with E-state index in [4.69, 9.17) is 13.9 Å². The molecule has 1 fully saturated rings. The molecular weight excluding hydrogens is 332 g/mol. The number of rotatable bonds is 3. The second-order valence-electron chi connectivity index (χ2n) is 6.86. The molecule has 0 amide bonds. The molecule has 2 aliphatic heterocycles. The number of aromatic nitrogens is 4. The predicted molar refractivity (Wildman–Crippen MR) is 92.1 cm³/mol. The van der Waals surface area contributed by atoms with Gasteiger partial charge in [-0.3, -0.25) is 0 Å². The third-order valence-corrected chi connectivity index (χ3v) is 5.16. The van der Waals surface area contributed by atoms with Crippen molar-refractivity contribution >= 4 is 0 Å². The molecule has 7 heteroatoms. The lowest BCUT2D eigenvalue weighted by Crippen LogP contribution is -2.23. The fraction of sp³-hybridized carbons (Fsp3) is 0.421. The van der Waals surface area contributed by atoms with E-state index in [1.807, 2.05) is 23.9 Å². The maximum atomic E-state index is 6.06. The number of aryl methyl sites for hydroxylation is 1. The quantitative estimate of drug-likeness (QED) is 0.721. The lowest BCUT2D eigenvalue weighted by Gasteiger charge is -2.28. The first-order valence-electron chi connectivity index (χ1n) is 8.92. The van der Waals surface area contributed by atoms with Gasteiger partial charge in [-0.05, 0) is 36.1 Å². The fourth-order valence-corrected chi connectivity index (χ4v) is 3.75. The Hall–Kier alpha value is -2.51. The molecule has 0 aliphatic carbocycles. The van der Waals surface area contributed by atoms with Crippen LogP contribution in [0.1, 0.15) is 47.7 Å². The highest BCUT2D eigenvalue weighted by atomic mass is 16.5. The minimum absolute atomic E-state index is 0.0175. The van der Waals surface area contributed by atoms with Crippen LogP contribution in [-0.2, 0) is 29.7 Å². The van der Waals surface area contributed by atoms with Gasteiger partial charge >= 0.3 is 0 Å². The van der Waals surface area contributed by atoms with Crippen molar-refractivity contribution in [1.82, 2.24) is 19.7 Å². The van der Waals surface area contributed by atoms with Crippen molar-refractivity contribution in [2.75, 3.05) is 6.61 Å². The SMILES string of the molecule is Cn1ccnc1[C@@H]1OCCC[C@H]1c1nnc(-c2ccc3c(c2)COC3)o1. The van der Waals surface area contributed by atoms with Gasteiger partial charge in [-0.15, -0.1) is 10.2 Å². The van der Waals surface area contributed by atoms with Gasteiger partial charge in [-0.2, -0.15) is 0 Å². The topological polar surface area (TPSA) is 75.2 Å². The lowest BCUT2D eigenvalue weighted by atomic mass is 9.93. The second kappa shape index (κ2) is 6.34. The van der Waals surface area contributed by atoms with E-state index in [2.05, 4.69) is 27.3 Å². The minimum Gasteiger partial charge on any atom is -0.420 e. The Balaban J connectivity index is 1.46. The average Bonchev–Trinajstić information content (AvgIpc) is 3.41. The van der Waals surface area contributed by atoms with Crippen LogP contribution in [0.2, 0.25) is 0 Å². The molecule has 1 aromatic carbocycles. The first-order chi connectivity index (χ1) is 12.8. The van der Waals surface area contributed by atoms with E-state index in [-0.39, 0.29) is 12.0 Å². The van der Waals surface area contributed by atoms with Crippen molar-refractivity contribution in [3.63, 3.8) is 0 Å². The second-order valence-corrected chi connectivity index (χ2v) is 6.86. The summed E-state index contributed by atoms with van der Waals surface area (Å²) in [6.07, 6.45) is 5.47. The minimum atomic E-state index is -0.162. The monoisotopic (exact) mass is 352 g/mol. The van der Waals surface area contributed by atoms with Crippen molar-refractivity contribution in [3.05, 3.63) is 53.4 Å². The Labute approximate surface area is 151 Å². The summed E-state index contributed by atoms with van der Waals surface area (Å²) in [5.74, 6) is 2.07. The van der Waals surface area contributed by atoms with Gasteiger partial charge in [0, 0.05) is 31.6 Å². The Morgan fingerprint density at radius 2 is 2.08 bits per heavy atom. The Morgan fingerprint density at radius 3 is 2.96 bits per heavy atom. The summed E-state index contributed by atoms with van der Waals surface area (Å²) in [7, 11) is 1.98. The van der Waals surface area contributed by atoms with E-state index in [1.165, 1.54) is 11.1 Å². The molecule has 0 N–H and O–H groups in total.